The van der Waals surface area contributed by atoms with Crippen LogP contribution >= 0.6 is 0 Å². The maximum Gasteiger partial charge on any atom is 0.252 e. The Balaban J connectivity index is 1.09. The molecular weight excluding hydrogens is 998 g/mol. The smallest absolute Gasteiger partial charge is 0.252 e. The second kappa shape index (κ2) is 16.3. The highest BCUT2D eigenvalue weighted by molar-refractivity contribution is 7.00. The fraction of sp³-hybridized carbons (Fsp3) is 0.368. The molecule has 16 rings (SSSR count). The lowest BCUT2D eigenvalue weighted by molar-refractivity contribution is 0.195. The van der Waals surface area contributed by atoms with Crippen molar-refractivity contribution in [1.29, 1.82) is 0 Å². The van der Waals surface area contributed by atoms with E-state index in [1.54, 1.807) is 0 Å². The largest absolute Gasteiger partial charge is 0.454 e. The van der Waals surface area contributed by atoms with E-state index in [0.29, 0.717) is 0 Å². The Labute approximate surface area is 485 Å². The second-order valence-electron chi connectivity index (χ2n) is 30.1. The van der Waals surface area contributed by atoms with Gasteiger partial charge in [0.15, 0.2) is 11.2 Å². The van der Waals surface area contributed by atoms with Gasteiger partial charge in [-0.1, -0.05) is 181 Å². The summed E-state index contributed by atoms with van der Waals surface area (Å²) in [6.45, 7) is 32.1. The van der Waals surface area contributed by atoms with Gasteiger partial charge in [-0.25, -0.2) is 0 Å². The Morgan fingerprint density at radius 3 is 1.68 bits per heavy atom. The summed E-state index contributed by atoms with van der Waals surface area (Å²) in [5.74, 6) is 0. The Morgan fingerprint density at radius 1 is 0.415 bits per heavy atom. The average Bonchev–Trinajstić information content (AvgIpc) is 1.35. The van der Waals surface area contributed by atoms with Crippen LogP contribution in [-0.4, -0.2) is 12.3 Å². The molecule has 10 aromatic rings. The molecule has 2 unspecified atom stereocenters. The van der Waals surface area contributed by atoms with Crippen molar-refractivity contribution < 1.29 is 8.83 Å². The van der Waals surface area contributed by atoms with Crippen LogP contribution in [0.4, 0.5) is 45.5 Å². The number of nitrogens with zero attached hydrogens (tertiary/aromatic N) is 3. The summed E-state index contributed by atoms with van der Waals surface area (Å²) in [4.78, 5) is 8.18. The zero-order valence-electron chi connectivity index (χ0n) is 50.7. The van der Waals surface area contributed by atoms with E-state index >= 15 is 0 Å². The molecule has 5 nitrogen and oxygen atoms in total. The van der Waals surface area contributed by atoms with Gasteiger partial charge in [-0.2, -0.15) is 0 Å². The zero-order chi connectivity index (χ0) is 56.6. The molecule has 0 spiro atoms. The van der Waals surface area contributed by atoms with Crippen molar-refractivity contribution in [2.75, 3.05) is 14.7 Å². The van der Waals surface area contributed by atoms with Crippen LogP contribution in [0.25, 0.3) is 43.9 Å². The molecule has 0 amide bonds. The lowest BCUT2D eigenvalue weighted by Gasteiger charge is -2.51. The van der Waals surface area contributed by atoms with Crippen molar-refractivity contribution in [1.82, 2.24) is 0 Å². The molecule has 3 aliphatic carbocycles. The van der Waals surface area contributed by atoms with E-state index in [4.69, 9.17) is 8.83 Å². The monoisotopic (exact) mass is 1080 g/mol. The summed E-state index contributed by atoms with van der Waals surface area (Å²) in [6, 6.07) is 54.6. The molecule has 0 N–H and O–H groups in total. The summed E-state index contributed by atoms with van der Waals surface area (Å²) >= 11 is 0. The standard InChI is InChI=1S/C76H78BN3O2/c1-70(2,3)45-27-32-59-56(39-45)75(12)33-18-19-34-76(75,13)80(59)47-41-62-66-63(42-47)79(60-24-20-23-50-48-21-14-16-25-64(48)81-68(50)60)67-57(31-29-51-49-22-15-17-26-65(49)82-69(51)67)77(66)58-43-54-55(74(10,11)38-37-73(54,8)9)44-61(58)78(62)46-28-30-52-53(40-46)72(6,7)36-35-71(52,4)5/h14-17,20-32,39-44H,18-19,33-38H2,1-13H3. The molecule has 2 aromatic heterocycles. The van der Waals surface area contributed by atoms with Gasteiger partial charge in [-0.05, 0) is 177 Å². The minimum atomic E-state index is -0.208. The van der Waals surface area contributed by atoms with Crippen LogP contribution in [0.1, 0.15) is 175 Å². The van der Waals surface area contributed by atoms with Crippen LogP contribution in [0.5, 0.6) is 0 Å². The van der Waals surface area contributed by atoms with Crippen molar-refractivity contribution in [3.05, 3.63) is 173 Å². The molecule has 8 aromatic carbocycles. The number of fused-ring (bicyclic) bond motifs is 16. The average molecular weight is 1080 g/mol. The van der Waals surface area contributed by atoms with Gasteiger partial charge in [0.2, 0.25) is 0 Å². The van der Waals surface area contributed by atoms with Crippen molar-refractivity contribution in [3.8, 4) is 0 Å². The van der Waals surface area contributed by atoms with E-state index in [0.717, 1.165) is 87.4 Å². The summed E-state index contributed by atoms with van der Waals surface area (Å²) in [5, 5.41) is 4.47. The fourth-order valence-corrected chi connectivity index (χ4v) is 17.2. The molecule has 412 valence electrons. The number of furan rings is 2. The van der Waals surface area contributed by atoms with Crippen molar-refractivity contribution in [3.63, 3.8) is 0 Å². The van der Waals surface area contributed by atoms with Crippen LogP contribution in [0.2, 0.25) is 0 Å². The predicted octanol–water partition coefficient (Wildman–Crippen LogP) is 19.3. The van der Waals surface area contributed by atoms with Crippen LogP contribution in [0.3, 0.4) is 0 Å². The highest BCUT2D eigenvalue weighted by atomic mass is 16.3. The fourth-order valence-electron chi connectivity index (χ4n) is 17.2. The van der Waals surface area contributed by atoms with E-state index in [1.807, 2.05) is 0 Å². The number of hydrogen-bond acceptors (Lipinski definition) is 5. The van der Waals surface area contributed by atoms with Gasteiger partial charge in [0.25, 0.3) is 6.71 Å². The Bertz CT molecular complexity index is 4430. The van der Waals surface area contributed by atoms with Crippen LogP contribution < -0.4 is 31.1 Å². The molecular formula is C76H78BN3O2. The highest BCUT2D eigenvalue weighted by Gasteiger charge is 2.59. The molecule has 6 heteroatoms. The normalized spacial score (nSPS) is 22.5. The molecule has 0 radical (unpaired) electrons. The number of hydrogen-bond donors (Lipinski definition) is 0. The van der Waals surface area contributed by atoms with Crippen molar-refractivity contribution in [2.24, 2.45) is 0 Å². The highest BCUT2D eigenvalue weighted by Crippen LogP contribution is 2.63. The first-order chi connectivity index (χ1) is 39.0. The molecule has 0 saturated heterocycles. The summed E-state index contributed by atoms with van der Waals surface area (Å²) < 4.78 is 14.6. The third-order valence-corrected chi connectivity index (χ3v) is 22.5. The lowest BCUT2D eigenvalue weighted by atomic mass is 9.33. The maximum atomic E-state index is 7.37. The topological polar surface area (TPSA) is 36.0 Å². The van der Waals surface area contributed by atoms with Gasteiger partial charge in [-0.3, -0.25) is 0 Å². The zero-order valence-corrected chi connectivity index (χ0v) is 50.7. The Kier molecular flexibility index (Phi) is 10.1. The van der Waals surface area contributed by atoms with Gasteiger partial charge in [0, 0.05) is 61.1 Å². The minimum absolute atomic E-state index is 0.00924. The quantitative estimate of drug-likeness (QED) is 0.165. The van der Waals surface area contributed by atoms with E-state index in [-0.39, 0.29) is 44.7 Å². The lowest BCUT2D eigenvalue weighted by Crippen LogP contribution is -2.62. The van der Waals surface area contributed by atoms with Crippen LogP contribution in [-0.2, 0) is 32.5 Å². The van der Waals surface area contributed by atoms with Gasteiger partial charge in [-0.15, -0.1) is 0 Å². The number of para-hydroxylation sites is 3. The van der Waals surface area contributed by atoms with Gasteiger partial charge < -0.3 is 23.5 Å². The summed E-state index contributed by atoms with van der Waals surface area (Å²) in [5.41, 5.74) is 25.6. The third-order valence-electron chi connectivity index (χ3n) is 22.5. The van der Waals surface area contributed by atoms with E-state index in [2.05, 4.69) is 244 Å². The Morgan fingerprint density at radius 2 is 1.00 bits per heavy atom. The van der Waals surface area contributed by atoms with E-state index in [1.165, 1.54) is 103 Å². The van der Waals surface area contributed by atoms with Gasteiger partial charge in [0.05, 0.1) is 16.9 Å². The van der Waals surface area contributed by atoms with Gasteiger partial charge >= 0.3 is 0 Å². The summed E-state index contributed by atoms with van der Waals surface area (Å²) in [6.07, 6.45) is 9.26. The van der Waals surface area contributed by atoms with Crippen molar-refractivity contribution >= 4 is 112 Å². The molecule has 1 saturated carbocycles. The SMILES string of the molecule is CC(C)(C)c1ccc2c(c1)C1(C)CCCCC1(C)N2c1cc2c3c(c1)N(c1cccc4c1oc1ccccc14)c1c(ccc4c1oc1ccccc14)B3c1cc3c(cc1N2c1ccc2c(c1)C(C)(C)CCC2(C)C)C(C)(C)CCC3(C)C. The molecule has 1 fully saturated rings. The first kappa shape index (κ1) is 50.5. The van der Waals surface area contributed by atoms with Crippen LogP contribution in [0, 0.1) is 0 Å². The van der Waals surface area contributed by atoms with E-state index in [9.17, 15) is 0 Å². The molecule has 2 atom stereocenters. The molecule has 6 aliphatic rings. The first-order valence-corrected chi connectivity index (χ1v) is 30.9. The molecule has 0 bridgehead atoms. The van der Waals surface area contributed by atoms with E-state index < -0.39 is 0 Å². The number of anilines is 8. The van der Waals surface area contributed by atoms with Crippen LogP contribution in [0.15, 0.2) is 148 Å². The number of rotatable bonds is 3. The summed E-state index contributed by atoms with van der Waals surface area (Å²) in [7, 11) is 0. The maximum absolute atomic E-state index is 7.37. The minimum Gasteiger partial charge on any atom is -0.454 e. The number of benzene rings is 8. The second-order valence-corrected chi connectivity index (χ2v) is 30.1. The molecule has 5 heterocycles. The molecule has 82 heavy (non-hydrogen) atoms. The predicted molar refractivity (Wildman–Crippen MR) is 347 cm³/mol. The Hall–Kier alpha value is -7.18. The van der Waals surface area contributed by atoms with Gasteiger partial charge in [0.1, 0.15) is 11.2 Å². The third kappa shape index (κ3) is 6.64. The first-order valence-electron chi connectivity index (χ1n) is 30.9. The molecule has 3 aliphatic heterocycles. The van der Waals surface area contributed by atoms with Crippen molar-refractivity contribution in [2.45, 2.75) is 179 Å².